The normalized spacial score (nSPS) is 9.65. The van der Waals surface area contributed by atoms with E-state index in [4.69, 9.17) is 40.1 Å². The molecular weight excluding hydrogens is 312 g/mol. The van der Waals surface area contributed by atoms with Gasteiger partial charge in [-0.2, -0.15) is 0 Å². The van der Waals surface area contributed by atoms with Crippen molar-refractivity contribution in [1.82, 2.24) is 0 Å². The first-order chi connectivity index (χ1) is 11.2. The molecule has 0 aromatic rings. The van der Waals surface area contributed by atoms with Crippen LogP contribution in [-0.4, -0.2) is 110 Å². The van der Waals surface area contributed by atoms with Crippen LogP contribution < -0.4 is 0 Å². The lowest BCUT2D eigenvalue weighted by molar-refractivity contribution is 0.0222. The fraction of sp³-hybridized carbons (Fsp3) is 1.00. The Bertz CT molecular complexity index is 145. The Morgan fingerprint density at radius 3 is 0.826 bits per heavy atom. The second kappa shape index (κ2) is 33.3. The van der Waals surface area contributed by atoms with Crippen molar-refractivity contribution in [3.63, 3.8) is 0 Å². The molecule has 0 saturated carbocycles. The maximum Gasteiger partial charge on any atom is 0.0701 e. The minimum atomic E-state index is 0.0278. The summed E-state index contributed by atoms with van der Waals surface area (Å²) in [6.45, 7) is 2.81. The molecule has 6 N–H and O–H groups in total. The molecule has 23 heavy (non-hydrogen) atoms. The van der Waals surface area contributed by atoms with Crippen LogP contribution in [0.15, 0.2) is 0 Å². The molecular formula is C14H34O9. The van der Waals surface area contributed by atoms with Crippen molar-refractivity contribution in [2.24, 2.45) is 0 Å². The Balaban J connectivity index is -0.000000272. The van der Waals surface area contributed by atoms with Crippen molar-refractivity contribution in [2.75, 3.05) is 79.3 Å². The Morgan fingerprint density at radius 1 is 0.348 bits per heavy atom. The van der Waals surface area contributed by atoms with Gasteiger partial charge < -0.3 is 44.8 Å². The summed E-state index contributed by atoms with van der Waals surface area (Å²) in [5, 5.41) is 48.9. The fourth-order valence-electron chi connectivity index (χ4n) is 0.906. The second-order valence-corrected chi connectivity index (χ2v) is 3.89. The Hall–Kier alpha value is -0.360. The van der Waals surface area contributed by atoms with E-state index >= 15 is 0 Å². The van der Waals surface area contributed by atoms with Gasteiger partial charge >= 0.3 is 0 Å². The lowest BCUT2D eigenvalue weighted by Crippen LogP contribution is -2.09. The average Bonchev–Trinajstić information content (AvgIpc) is 2.58. The van der Waals surface area contributed by atoms with Crippen LogP contribution in [0.5, 0.6) is 0 Å². The van der Waals surface area contributed by atoms with Gasteiger partial charge in [-0.15, -0.1) is 0 Å². The lowest BCUT2D eigenvalue weighted by atomic mass is 10.3. The predicted molar refractivity (Wildman–Crippen MR) is 84.2 cm³/mol. The Labute approximate surface area is 138 Å². The molecule has 9 nitrogen and oxygen atoms in total. The van der Waals surface area contributed by atoms with Crippen LogP contribution in [0.1, 0.15) is 12.8 Å². The number of hydrogen-bond donors (Lipinski definition) is 6. The van der Waals surface area contributed by atoms with Gasteiger partial charge in [0.2, 0.25) is 0 Å². The highest BCUT2D eigenvalue weighted by Gasteiger charge is 1.86. The van der Waals surface area contributed by atoms with Gasteiger partial charge in [0.05, 0.1) is 66.1 Å². The third-order valence-corrected chi connectivity index (χ3v) is 1.88. The second-order valence-electron chi connectivity index (χ2n) is 3.89. The molecule has 0 aromatic heterocycles. The predicted octanol–water partition coefficient (Wildman–Crippen LogP) is -2.26. The van der Waals surface area contributed by atoms with Crippen LogP contribution >= 0.6 is 0 Å². The van der Waals surface area contributed by atoms with Gasteiger partial charge in [-0.1, -0.05) is 0 Å². The summed E-state index contributed by atoms with van der Waals surface area (Å²) in [5.41, 5.74) is 0. The van der Waals surface area contributed by atoms with Gasteiger partial charge in [0.15, 0.2) is 0 Å². The highest BCUT2D eigenvalue weighted by Crippen LogP contribution is 1.80. The van der Waals surface area contributed by atoms with E-state index in [-0.39, 0.29) is 39.6 Å². The largest absolute Gasteiger partial charge is 0.396 e. The molecule has 0 fully saturated rings. The van der Waals surface area contributed by atoms with Crippen LogP contribution in [0.3, 0.4) is 0 Å². The molecule has 0 atom stereocenters. The minimum absolute atomic E-state index is 0.0278. The van der Waals surface area contributed by atoms with Crippen LogP contribution in [0.25, 0.3) is 0 Å². The summed E-state index contributed by atoms with van der Waals surface area (Å²) in [5.74, 6) is 0. The van der Waals surface area contributed by atoms with Gasteiger partial charge in [0.25, 0.3) is 0 Å². The zero-order valence-electron chi connectivity index (χ0n) is 13.8. The summed E-state index contributed by atoms with van der Waals surface area (Å²) >= 11 is 0. The number of aliphatic hydroxyl groups is 6. The van der Waals surface area contributed by atoms with Crippen molar-refractivity contribution in [1.29, 1.82) is 0 Å². The van der Waals surface area contributed by atoms with Gasteiger partial charge in [-0.25, -0.2) is 0 Å². The Morgan fingerprint density at radius 2 is 0.609 bits per heavy atom. The van der Waals surface area contributed by atoms with Crippen molar-refractivity contribution in [3.05, 3.63) is 0 Å². The molecule has 0 saturated heterocycles. The molecule has 0 heterocycles. The lowest BCUT2D eigenvalue weighted by Gasteiger charge is -2.01. The van der Waals surface area contributed by atoms with Gasteiger partial charge in [-0.05, 0) is 12.8 Å². The molecule has 0 aromatic carbocycles. The van der Waals surface area contributed by atoms with Gasteiger partial charge in [0, 0.05) is 13.2 Å². The van der Waals surface area contributed by atoms with Gasteiger partial charge in [0.1, 0.15) is 0 Å². The first-order valence-corrected chi connectivity index (χ1v) is 7.63. The number of aliphatic hydroxyl groups excluding tert-OH is 6. The van der Waals surface area contributed by atoms with Crippen LogP contribution in [-0.2, 0) is 14.2 Å². The molecule has 0 spiro atoms. The molecule has 0 bridgehead atoms. The molecule has 0 amide bonds. The summed E-state index contributed by atoms with van der Waals surface area (Å²) in [6, 6.07) is 0. The highest BCUT2D eigenvalue weighted by molar-refractivity contribution is 4.31. The summed E-state index contributed by atoms with van der Waals surface area (Å²) in [6.07, 6.45) is 1.44. The average molecular weight is 346 g/mol. The Kier molecular flexibility index (Phi) is 39.8. The van der Waals surface area contributed by atoms with E-state index in [0.717, 1.165) is 12.8 Å². The standard InChI is InChI=1S/C6H14O4.C4H10O3.C4H10O2/c7-1-3-9-5-6-10-4-2-8;5-1-3-7-4-2-6;5-3-1-2-4-6/h7-8H,1-6H2;5-6H,1-4H2;5-6H,1-4H2. The smallest absolute Gasteiger partial charge is 0.0701 e. The first-order valence-electron chi connectivity index (χ1n) is 7.63. The molecule has 0 radical (unpaired) electrons. The molecule has 0 aliphatic carbocycles. The molecule has 0 rings (SSSR count). The monoisotopic (exact) mass is 346 g/mol. The number of unbranched alkanes of at least 4 members (excludes halogenated alkanes) is 1. The maximum atomic E-state index is 8.26. The molecule has 0 unspecified atom stereocenters. The minimum Gasteiger partial charge on any atom is -0.396 e. The zero-order valence-corrected chi connectivity index (χ0v) is 13.8. The quantitative estimate of drug-likeness (QED) is 0.192. The molecule has 144 valence electrons. The van der Waals surface area contributed by atoms with Crippen LogP contribution in [0.4, 0.5) is 0 Å². The van der Waals surface area contributed by atoms with E-state index < -0.39 is 0 Å². The van der Waals surface area contributed by atoms with E-state index in [1.807, 2.05) is 0 Å². The van der Waals surface area contributed by atoms with Crippen molar-refractivity contribution in [2.45, 2.75) is 12.8 Å². The number of rotatable bonds is 14. The van der Waals surface area contributed by atoms with E-state index in [2.05, 4.69) is 4.74 Å². The number of hydrogen-bond acceptors (Lipinski definition) is 9. The van der Waals surface area contributed by atoms with Crippen molar-refractivity contribution < 1.29 is 44.8 Å². The zero-order chi connectivity index (χ0) is 18.0. The van der Waals surface area contributed by atoms with E-state index in [9.17, 15) is 0 Å². The van der Waals surface area contributed by atoms with E-state index in [1.165, 1.54) is 0 Å². The summed E-state index contributed by atoms with van der Waals surface area (Å²) < 4.78 is 14.4. The SMILES string of the molecule is OCCCCO.OCCOCCO.OCCOCCOCCO. The van der Waals surface area contributed by atoms with Crippen LogP contribution in [0, 0.1) is 0 Å². The maximum absolute atomic E-state index is 8.26. The summed E-state index contributed by atoms with van der Waals surface area (Å²) in [7, 11) is 0. The summed E-state index contributed by atoms with van der Waals surface area (Å²) in [4.78, 5) is 0. The fourth-order valence-corrected chi connectivity index (χ4v) is 0.906. The van der Waals surface area contributed by atoms with Crippen molar-refractivity contribution in [3.8, 4) is 0 Å². The first kappa shape index (κ1) is 27.5. The molecule has 0 aliphatic rings. The van der Waals surface area contributed by atoms with E-state index in [0.29, 0.717) is 39.6 Å². The van der Waals surface area contributed by atoms with Crippen molar-refractivity contribution >= 4 is 0 Å². The van der Waals surface area contributed by atoms with E-state index in [1.54, 1.807) is 0 Å². The molecule has 0 aliphatic heterocycles. The number of ether oxygens (including phenoxy) is 3. The topological polar surface area (TPSA) is 149 Å². The van der Waals surface area contributed by atoms with Gasteiger partial charge in [-0.3, -0.25) is 0 Å². The third-order valence-electron chi connectivity index (χ3n) is 1.88. The highest BCUT2D eigenvalue weighted by atomic mass is 16.5. The van der Waals surface area contributed by atoms with Crippen LogP contribution in [0.2, 0.25) is 0 Å². The molecule has 9 heteroatoms. The third kappa shape index (κ3) is 44.9.